The fourth-order valence-electron chi connectivity index (χ4n) is 2.16. The van der Waals surface area contributed by atoms with E-state index in [4.69, 9.17) is 12.2 Å². The molecule has 0 amide bonds. The largest absolute Gasteiger partial charge is 0.378 e. The number of benzene rings is 1. The Hall–Kier alpha value is -1.88. The molecule has 2 rings (SSSR count). The fraction of sp³-hybridized carbons (Fsp3) is 0.375. The lowest BCUT2D eigenvalue weighted by atomic mass is 10.0. The number of anilines is 1. The number of rotatable bonds is 4. The van der Waals surface area contributed by atoms with Gasteiger partial charge in [0.05, 0.1) is 6.21 Å². The van der Waals surface area contributed by atoms with Gasteiger partial charge in [-0.25, -0.2) is 0 Å². The van der Waals surface area contributed by atoms with E-state index >= 15 is 0 Å². The van der Waals surface area contributed by atoms with E-state index in [0.717, 1.165) is 12.0 Å². The summed E-state index contributed by atoms with van der Waals surface area (Å²) in [7, 11) is 4.04. The van der Waals surface area contributed by atoms with E-state index in [1.54, 1.807) is 6.21 Å². The van der Waals surface area contributed by atoms with Crippen LogP contribution < -0.4 is 15.6 Å². The normalized spacial score (nSPS) is 17.7. The molecule has 1 aromatic rings. The second-order valence-corrected chi connectivity index (χ2v) is 5.70. The second-order valence-electron chi connectivity index (χ2n) is 5.29. The summed E-state index contributed by atoms with van der Waals surface area (Å²) in [6, 6.07) is 8.50. The maximum atomic E-state index is 5.23. The SMILES string of the molecule is CN(C)c1ccc(/C=N/NC(=S)NC2C=CCCC2)cc1. The third-order valence-electron chi connectivity index (χ3n) is 3.36. The van der Waals surface area contributed by atoms with Gasteiger partial charge in [0, 0.05) is 25.8 Å². The summed E-state index contributed by atoms with van der Waals surface area (Å²) in [6.07, 6.45) is 9.62. The molecule has 5 heteroatoms. The lowest BCUT2D eigenvalue weighted by molar-refractivity contribution is 0.596. The number of allylic oxidation sites excluding steroid dienone is 1. The van der Waals surface area contributed by atoms with Crippen LogP contribution in [-0.4, -0.2) is 31.5 Å². The Labute approximate surface area is 131 Å². The van der Waals surface area contributed by atoms with Crippen LogP contribution in [0.3, 0.4) is 0 Å². The van der Waals surface area contributed by atoms with Gasteiger partial charge in [-0.2, -0.15) is 5.10 Å². The van der Waals surface area contributed by atoms with Crippen molar-refractivity contribution < 1.29 is 0 Å². The predicted molar refractivity (Wildman–Crippen MR) is 94.0 cm³/mol. The van der Waals surface area contributed by atoms with E-state index in [1.807, 2.05) is 26.2 Å². The first-order valence-electron chi connectivity index (χ1n) is 7.19. The molecule has 0 bridgehead atoms. The highest BCUT2D eigenvalue weighted by molar-refractivity contribution is 7.80. The van der Waals surface area contributed by atoms with Crippen molar-refractivity contribution in [1.29, 1.82) is 0 Å². The molecule has 112 valence electrons. The van der Waals surface area contributed by atoms with E-state index < -0.39 is 0 Å². The maximum absolute atomic E-state index is 5.23. The minimum Gasteiger partial charge on any atom is -0.378 e. The van der Waals surface area contributed by atoms with Crippen LogP contribution in [0.4, 0.5) is 5.69 Å². The average Bonchev–Trinajstić information content (AvgIpc) is 2.49. The Balaban J connectivity index is 1.79. The van der Waals surface area contributed by atoms with Gasteiger partial charge in [-0.15, -0.1) is 0 Å². The smallest absolute Gasteiger partial charge is 0.187 e. The highest BCUT2D eigenvalue weighted by Gasteiger charge is 2.08. The Morgan fingerprint density at radius 2 is 2.10 bits per heavy atom. The zero-order valence-electron chi connectivity index (χ0n) is 12.5. The van der Waals surface area contributed by atoms with Crippen molar-refractivity contribution in [2.45, 2.75) is 25.3 Å². The third kappa shape index (κ3) is 5.19. The maximum Gasteiger partial charge on any atom is 0.187 e. The quantitative estimate of drug-likeness (QED) is 0.388. The number of hydrogen-bond donors (Lipinski definition) is 2. The van der Waals surface area contributed by atoms with Gasteiger partial charge in [0.15, 0.2) is 5.11 Å². The summed E-state index contributed by atoms with van der Waals surface area (Å²) in [5.41, 5.74) is 5.06. The van der Waals surface area contributed by atoms with Gasteiger partial charge in [0.2, 0.25) is 0 Å². The highest BCUT2D eigenvalue weighted by atomic mass is 32.1. The lowest BCUT2D eigenvalue weighted by Crippen LogP contribution is -2.39. The Morgan fingerprint density at radius 3 is 2.71 bits per heavy atom. The molecule has 0 aromatic heterocycles. The minimum atomic E-state index is 0.327. The standard InChI is InChI=1S/C16H22N4S/c1-20(2)15-10-8-13(9-11-15)12-17-19-16(21)18-14-6-4-3-5-7-14/h4,6,8-12,14H,3,5,7H2,1-2H3,(H2,18,19,21)/b17-12+. The molecule has 1 atom stereocenters. The molecule has 2 N–H and O–H groups in total. The van der Waals surface area contributed by atoms with Crippen LogP contribution in [0.25, 0.3) is 0 Å². The first-order valence-corrected chi connectivity index (χ1v) is 7.59. The Morgan fingerprint density at radius 1 is 1.33 bits per heavy atom. The monoisotopic (exact) mass is 302 g/mol. The molecular weight excluding hydrogens is 280 g/mol. The highest BCUT2D eigenvalue weighted by Crippen LogP contribution is 2.11. The van der Waals surface area contributed by atoms with Crippen LogP contribution in [0.2, 0.25) is 0 Å². The van der Waals surface area contributed by atoms with Crippen LogP contribution in [0.15, 0.2) is 41.5 Å². The molecule has 1 aliphatic rings. The van der Waals surface area contributed by atoms with Crippen molar-refractivity contribution in [3.63, 3.8) is 0 Å². The second kappa shape index (κ2) is 7.78. The van der Waals surface area contributed by atoms with Gasteiger partial charge in [-0.3, -0.25) is 5.43 Å². The zero-order chi connectivity index (χ0) is 15.1. The molecule has 0 saturated heterocycles. The van der Waals surface area contributed by atoms with E-state index in [2.05, 4.69) is 45.0 Å². The van der Waals surface area contributed by atoms with Gasteiger partial charge in [0.1, 0.15) is 0 Å². The third-order valence-corrected chi connectivity index (χ3v) is 3.57. The molecule has 0 fully saturated rings. The van der Waals surface area contributed by atoms with Crippen LogP contribution in [-0.2, 0) is 0 Å². The van der Waals surface area contributed by atoms with Gasteiger partial charge in [-0.1, -0.05) is 24.3 Å². The number of thiocarbonyl (C=S) groups is 1. The van der Waals surface area contributed by atoms with E-state index in [9.17, 15) is 0 Å². The first kappa shape index (κ1) is 15.5. The van der Waals surface area contributed by atoms with Gasteiger partial charge in [-0.05, 0) is 49.2 Å². The van der Waals surface area contributed by atoms with Crippen LogP contribution in [0.5, 0.6) is 0 Å². The molecular formula is C16H22N4S. The molecule has 0 aliphatic heterocycles. The first-order chi connectivity index (χ1) is 10.1. The van der Waals surface area contributed by atoms with Crippen molar-refractivity contribution in [3.8, 4) is 0 Å². The fourth-order valence-corrected chi connectivity index (χ4v) is 2.36. The average molecular weight is 302 g/mol. The van der Waals surface area contributed by atoms with Crippen LogP contribution in [0, 0.1) is 0 Å². The molecule has 0 saturated carbocycles. The van der Waals surface area contributed by atoms with Crippen molar-refractivity contribution >= 4 is 29.2 Å². The van der Waals surface area contributed by atoms with Crippen molar-refractivity contribution in [3.05, 3.63) is 42.0 Å². The number of nitrogens with zero attached hydrogens (tertiary/aromatic N) is 2. The summed E-state index contributed by atoms with van der Waals surface area (Å²) < 4.78 is 0. The number of nitrogens with one attached hydrogen (secondary N) is 2. The topological polar surface area (TPSA) is 39.7 Å². The minimum absolute atomic E-state index is 0.327. The van der Waals surface area contributed by atoms with Crippen molar-refractivity contribution in [2.24, 2.45) is 5.10 Å². The van der Waals surface area contributed by atoms with Crippen LogP contribution in [0.1, 0.15) is 24.8 Å². The summed E-state index contributed by atoms with van der Waals surface area (Å²) in [5, 5.41) is 7.97. The summed E-state index contributed by atoms with van der Waals surface area (Å²) in [6.45, 7) is 0. The van der Waals surface area contributed by atoms with Crippen molar-refractivity contribution in [2.75, 3.05) is 19.0 Å². The lowest BCUT2D eigenvalue weighted by Gasteiger charge is -2.18. The molecule has 0 heterocycles. The van der Waals surface area contributed by atoms with Crippen molar-refractivity contribution in [1.82, 2.24) is 10.7 Å². The van der Waals surface area contributed by atoms with E-state index in [0.29, 0.717) is 11.2 Å². The Kier molecular flexibility index (Phi) is 5.75. The van der Waals surface area contributed by atoms with E-state index in [1.165, 1.54) is 18.5 Å². The summed E-state index contributed by atoms with van der Waals surface area (Å²) in [5.74, 6) is 0. The molecule has 0 spiro atoms. The molecule has 1 aliphatic carbocycles. The van der Waals surface area contributed by atoms with Gasteiger partial charge < -0.3 is 10.2 Å². The number of hydrazone groups is 1. The zero-order valence-corrected chi connectivity index (χ0v) is 13.4. The molecule has 21 heavy (non-hydrogen) atoms. The van der Waals surface area contributed by atoms with Gasteiger partial charge >= 0.3 is 0 Å². The van der Waals surface area contributed by atoms with Crippen LogP contribution >= 0.6 is 12.2 Å². The summed E-state index contributed by atoms with van der Waals surface area (Å²) in [4.78, 5) is 2.07. The molecule has 1 unspecified atom stereocenters. The van der Waals surface area contributed by atoms with E-state index in [-0.39, 0.29) is 0 Å². The Bertz CT molecular complexity index is 520. The predicted octanol–water partition coefficient (Wildman–Crippen LogP) is 2.66. The molecule has 1 aromatic carbocycles. The molecule has 0 radical (unpaired) electrons. The number of hydrogen-bond acceptors (Lipinski definition) is 3. The molecule has 4 nitrogen and oxygen atoms in total. The summed E-state index contributed by atoms with van der Waals surface area (Å²) >= 11 is 5.23. The van der Waals surface area contributed by atoms with Gasteiger partial charge in [0.25, 0.3) is 0 Å².